The number of hydrogen-bond donors (Lipinski definition) is 1. The number of nitrogens with zero attached hydrogens (tertiary/aromatic N) is 3. The van der Waals surface area contributed by atoms with Crippen molar-refractivity contribution in [2.45, 2.75) is 113 Å². The van der Waals surface area contributed by atoms with Crippen LogP contribution in [0.25, 0.3) is 71.8 Å². The Morgan fingerprint density at radius 2 is 1.26 bits per heavy atom. The molecule has 0 aliphatic heterocycles. The fourth-order valence-corrected chi connectivity index (χ4v) is 9.45. The Labute approximate surface area is 387 Å². The molecule has 0 unspecified atom stereocenters. The van der Waals surface area contributed by atoms with Gasteiger partial charge in [-0.1, -0.05) is 173 Å². The molecule has 0 fully saturated rings. The molecule has 1 N–H and O–H groups in total. The molecule has 0 amide bonds. The number of phenols is 1. The van der Waals surface area contributed by atoms with Gasteiger partial charge >= 0.3 is 0 Å². The number of hydrogen-bond acceptors (Lipinski definition) is 4. The number of thiophene rings is 1. The van der Waals surface area contributed by atoms with Gasteiger partial charge in [0, 0.05) is 48.1 Å². The Kier molecular flexibility index (Phi) is 11.9. The maximum absolute atomic E-state index is 12.4. The first-order chi connectivity index (χ1) is 28.6. The second-order valence-corrected chi connectivity index (χ2v) is 22.3. The molecule has 0 saturated carbocycles. The molecular weight excluding hydrogens is 958 g/mol. The van der Waals surface area contributed by atoms with E-state index in [-0.39, 0.29) is 48.5 Å². The summed E-state index contributed by atoms with van der Waals surface area (Å²) in [5, 5.41) is 13.7. The van der Waals surface area contributed by atoms with Gasteiger partial charge in [0.2, 0.25) is 0 Å². The standard InChI is InChI=1S/C56H60N3OS.Pt/c1-34-44(33-53(2,3)4)42-26-27-46(57-52(42)61-34)37-28-36(29-38(30-37)54(5,6)7)41-23-19-25-48-49(41)58-51(43-31-39(55(8,9)10)32-45(50(43)60)56(11,12)13)59(48)47-24-18-17-22-40(47)35-20-15-14-16-21-35;/h14-27,29-32,60H,33H2,1-13H3;/q-1;. The first-order valence-electron chi connectivity index (χ1n) is 21.6. The normalized spacial score (nSPS) is 12.6. The summed E-state index contributed by atoms with van der Waals surface area (Å²) in [6, 6.07) is 42.7. The molecule has 0 bridgehead atoms. The first-order valence-corrected chi connectivity index (χ1v) is 22.4. The van der Waals surface area contributed by atoms with Crippen LogP contribution >= 0.6 is 11.3 Å². The van der Waals surface area contributed by atoms with E-state index in [1.54, 1.807) is 11.3 Å². The van der Waals surface area contributed by atoms with Gasteiger partial charge in [0.1, 0.15) is 16.4 Å². The summed E-state index contributed by atoms with van der Waals surface area (Å²) in [7, 11) is 0. The Hall–Kier alpha value is -4.83. The van der Waals surface area contributed by atoms with Crippen molar-refractivity contribution in [1.29, 1.82) is 0 Å². The molecule has 0 spiro atoms. The van der Waals surface area contributed by atoms with Gasteiger partial charge in [-0.05, 0) is 69.9 Å². The van der Waals surface area contributed by atoms with Crippen LogP contribution < -0.4 is 0 Å². The van der Waals surface area contributed by atoms with Gasteiger partial charge in [-0.15, -0.1) is 40.7 Å². The summed E-state index contributed by atoms with van der Waals surface area (Å²) >= 11 is 1.79. The van der Waals surface area contributed by atoms with E-state index in [1.807, 2.05) is 0 Å². The van der Waals surface area contributed by atoms with E-state index in [0.29, 0.717) is 11.4 Å². The number of phenolic OH excluding ortho intramolecular Hbond substituents is 1. The summed E-state index contributed by atoms with van der Waals surface area (Å²) in [6.07, 6.45) is 1.01. The van der Waals surface area contributed by atoms with E-state index >= 15 is 0 Å². The van der Waals surface area contributed by atoms with E-state index in [0.717, 1.165) is 72.6 Å². The SMILES string of the molecule is Cc1sc2nc(-c3[c-]c(-c4cccc5c4nc(-c4cc(C(C)(C)C)cc(C(C)(C)C)c4O)n5-c4ccccc4-c4ccccc4)cc(C(C)(C)C)c3)ccc2c1CC(C)(C)C.[Pt]. The summed E-state index contributed by atoms with van der Waals surface area (Å²) in [6.45, 7) is 29.1. The fraction of sp³-hybridized carbons (Fsp3) is 0.321. The van der Waals surface area contributed by atoms with Crippen molar-refractivity contribution in [3.05, 3.63) is 142 Å². The number of rotatable bonds is 6. The maximum Gasteiger partial charge on any atom is 0.148 e. The van der Waals surface area contributed by atoms with Gasteiger partial charge in [-0.2, -0.15) is 0 Å². The second-order valence-electron chi connectivity index (χ2n) is 21.1. The minimum atomic E-state index is -0.310. The van der Waals surface area contributed by atoms with Gasteiger partial charge in [-0.25, -0.2) is 4.98 Å². The predicted octanol–water partition coefficient (Wildman–Crippen LogP) is 15.6. The number of pyridine rings is 1. The summed E-state index contributed by atoms with van der Waals surface area (Å²) in [4.78, 5) is 13.3. The van der Waals surface area contributed by atoms with Crippen LogP contribution in [0.3, 0.4) is 0 Å². The minimum absolute atomic E-state index is 0. The monoisotopic (exact) mass is 1020 g/mol. The first kappa shape index (κ1) is 45.2. The van der Waals surface area contributed by atoms with Gasteiger partial charge < -0.3 is 5.11 Å². The van der Waals surface area contributed by atoms with Crippen LogP contribution in [0.15, 0.2) is 109 Å². The van der Waals surface area contributed by atoms with Crippen LogP contribution in [0.1, 0.15) is 110 Å². The Balaban J connectivity index is 0.00000578. The number of fused-ring (bicyclic) bond motifs is 2. The zero-order valence-electron chi connectivity index (χ0n) is 38.6. The van der Waals surface area contributed by atoms with E-state index in [2.05, 4.69) is 210 Å². The summed E-state index contributed by atoms with van der Waals surface area (Å²) in [5.41, 5.74) is 13.7. The average Bonchev–Trinajstić information content (AvgIpc) is 3.72. The van der Waals surface area contributed by atoms with Crippen LogP contribution in [-0.4, -0.2) is 19.6 Å². The van der Waals surface area contributed by atoms with Crippen molar-refractivity contribution in [1.82, 2.24) is 14.5 Å². The average molecular weight is 1020 g/mol. The van der Waals surface area contributed by atoms with Crippen molar-refractivity contribution < 1.29 is 26.2 Å². The third-order valence-electron chi connectivity index (χ3n) is 11.8. The Morgan fingerprint density at radius 3 is 1.92 bits per heavy atom. The van der Waals surface area contributed by atoms with Crippen molar-refractivity contribution in [3.8, 4) is 56.3 Å². The third-order valence-corrected chi connectivity index (χ3v) is 12.9. The molecule has 0 atom stereocenters. The molecule has 0 radical (unpaired) electrons. The number of aromatic hydroxyl groups is 1. The van der Waals surface area contributed by atoms with Crippen molar-refractivity contribution in [2.24, 2.45) is 5.41 Å². The number of aromatic nitrogens is 3. The molecule has 8 rings (SSSR count). The number of aryl methyl sites for hydroxylation is 1. The molecule has 0 saturated heterocycles. The molecule has 6 heteroatoms. The van der Waals surface area contributed by atoms with Crippen LogP contribution in [-0.2, 0) is 43.7 Å². The van der Waals surface area contributed by atoms with Crippen molar-refractivity contribution in [2.75, 3.05) is 0 Å². The van der Waals surface area contributed by atoms with Crippen LogP contribution in [0.5, 0.6) is 5.75 Å². The van der Waals surface area contributed by atoms with Crippen molar-refractivity contribution >= 4 is 32.6 Å². The molecule has 4 nitrogen and oxygen atoms in total. The number of imidazole rings is 1. The molecule has 8 aromatic rings. The van der Waals surface area contributed by atoms with E-state index in [9.17, 15) is 5.11 Å². The van der Waals surface area contributed by atoms with E-state index in [4.69, 9.17) is 9.97 Å². The second kappa shape index (κ2) is 16.4. The van der Waals surface area contributed by atoms with E-state index in [1.165, 1.54) is 21.4 Å². The molecule has 3 heterocycles. The minimum Gasteiger partial charge on any atom is -0.507 e. The molecular formula is C56H60N3OPtS-. The van der Waals surface area contributed by atoms with Crippen LogP contribution in [0.4, 0.5) is 0 Å². The smallest absolute Gasteiger partial charge is 0.148 e. The molecule has 5 aromatic carbocycles. The predicted molar refractivity (Wildman–Crippen MR) is 260 cm³/mol. The quantitative estimate of drug-likeness (QED) is 0.169. The summed E-state index contributed by atoms with van der Waals surface area (Å²) < 4.78 is 2.26. The van der Waals surface area contributed by atoms with E-state index < -0.39 is 0 Å². The molecule has 62 heavy (non-hydrogen) atoms. The van der Waals surface area contributed by atoms with Crippen LogP contribution in [0.2, 0.25) is 0 Å². The number of benzene rings is 5. The molecule has 0 aliphatic rings. The maximum atomic E-state index is 12.4. The van der Waals surface area contributed by atoms with Crippen LogP contribution in [0, 0.1) is 18.4 Å². The molecule has 3 aromatic heterocycles. The zero-order chi connectivity index (χ0) is 43.8. The van der Waals surface area contributed by atoms with Crippen molar-refractivity contribution in [3.63, 3.8) is 0 Å². The zero-order valence-corrected chi connectivity index (χ0v) is 41.7. The van der Waals surface area contributed by atoms with Gasteiger partial charge in [0.05, 0.1) is 22.3 Å². The van der Waals surface area contributed by atoms with Gasteiger partial charge in [0.15, 0.2) is 0 Å². The number of para-hydroxylation sites is 2. The molecule has 0 aliphatic carbocycles. The largest absolute Gasteiger partial charge is 0.507 e. The Bertz CT molecular complexity index is 2940. The Morgan fingerprint density at radius 1 is 0.629 bits per heavy atom. The van der Waals surface area contributed by atoms with Gasteiger partial charge in [-0.3, -0.25) is 9.55 Å². The molecule has 322 valence electrons. The van der Waals surface area contributed by atoms with Gasteiger partial charge in [0.25, 0.3) is 0 Å². The fourth-order valence-electron chi connectivity index (χ4n) is 8.41. The third kappa shape index (κ3) is 8.73. The topological polar surface area (TPSA) is 50.9 Å². The summed E-state index contributed by atoms with van der Waals surface area (Å²) in [5.74, 6) is 0.952.